The van der Waals surface area contributed by atoms with Crippen LogP contribution in [0.4, 0.5) is 0 Å². The first-order chi connectivity index (χ1) is 7.23. The molecule has 2 saturated carbocycles. The zero-order valence-corrected chi connectivity index (χ0v) is 11.3. The minimum absolute atomic E-state index is 0.0981. The molecule has 0 aliphatic heterocycles. The van der Waals surface area contributed by atoms with E-state index in [4.69, 9.17) is 4.74 Å². The number of hydrogen-bond acceptors (Lipinski definition) is 2. The second-order valence-electron chi connectivity index (χ2n) is 7.20. The highest BCUT2D eigenvalue weighted by atomic mass is 16.5. The predicted octanol–water partition coefficient (Wildman–Crippen LogP) is 2.85. The quantitative estimate of drug-likeness (QED) is 0.798. The summed E-state index contributed by atoms with van der Waals surface area (Å²) >= 11 is 0. The molecule has 2 fully saturated rings. The lowest BCUT2D eigenvalue weighted by atomic mass is 9.71. The molecule has 0 radical (unpaired) electrons. The van der Waals surface area contributed by atoms with E-state index < -0.39 is 0 Å². The summed E-state index contributed by atoms with van der Waals surface area (Å²) in [5, 5.41) is 9.18. The van der Waals surface area contributed by atoms with Crippen LogP contribution in [0.5, 0.6) is 0 Å². The molecule has 0 aromatic heterocycles. The molecule has 2 unspecified atom stereocenters. The molecular formula is C14H26O2. The number of rotatable bonds is 4. The lowest BCUT2D eigenvalue weighted by Gasteiger charge is -2.37. The fourth-order valence-electron chi connectivity index (χ4n) is 3.34. The van der Waals surface area contributed by atoms with E-state index in [-0.39, 0.29) is 12.2 Å². The van der Waals surface area contributed by atoms with Crippen LogP contribution in [0.2, 0.25) is 0 Å². The summed E-state index contributed by atoms with van der Waals surface area (Å²) in [5.74, 6) is 1.58. The Balaban J connectivity index is 1.93. The van der Waals surface area contributed by atoms with Crippen LogP contribution in [0.25, 0.3) is 0 Å². The van der Waals surface area contributed by atoms with Crippen LogP contribution in [-0.4, -0.2) is 23.9 Å². The molecular weight excluding hydrogens is 200 g/mol. The maximum Gasteiger partial charge on any atom is 0.0856 e. The molecule has 2 heteroatoms. The third-order valence-electron chi connectivity index (χ3n) is 5.53. The van der Waals surface area contributed by atoms with Crippen LogP contribution < -0.4 is 0 Å². The average Bonchev–Trinajstić information content (AvgIpc) is 2.80. The number of hydrogen-bond donors (Lipinski definition) is 1. The summed E-state index contributed by atoms with van der Waals surface area (Å²) in [6, 6.07) is 0. The van der Waals surface area contributed by atoms with Gasteiger partial charge >= 0.3 is 0 Å². The van der Waals surface area contributed by atoms with Crippen LogP contribution in [0.1, 0.15) is 47.5 Å². The van der Waals surface area contributed by atoms with Crippen molar-refractivity contribution >= 4 is 0 Å². The van der Waals surface area contributed by atoms with Crippen molar-refractivity contribution in [2.75, 3.05) is 13.2 Å². The summed E-state index contributed by atoms with van der Waals surface area (Å²) in [4.78, 5) is 0. The molecule has 0 heterocycles. The molecule has 94 valence electrons. The normalized spacial score (nSPS) is 40.9. The van der Waals surface area contributed by atoms with Gasteiger partial charge in [0.2, 0.25) is 0 Å². The summed E-state index contributed by atoms with van der Waals surface area (Å²) in [7, 11) is 0. The minimum Gasteiger partial charge on any atom is -0.393 e. The van der Waals surface area contributed by atoms with Crippen LogP contribution >= 0.6 is 0 Å². The highest BCUT2D eigenvalue weighted by Crippen LogP contribution is 2.73. The summed E-state index contributed by atoms with van der Waals surface area (Å²) < 4.78 is 5.86. The fraction of sp³-hybridized carbons (Fsp3) is 1.00. The SMILES string of the molecule is CC(C)(CO)OCC1C[C@H]2CC2(C)C1(C)C. The van der Waals surface area contributed by atoms with Gasteiger partial charge in [-0.3, -0.25) is 0 Å². The van der Waals surface area contributed by atoms with E-state index in [1.807, 2.05) is 13.8 Å². The van der Waals surface area contributed by atoms with Crippen molar-refractivity contribution in [3.05, 3.63) is 0 Å². The largest absolute Gasteiger partial charge is 0.393 e. The standard InChI is InChI=1S/C14H26O2/c1-12(2,9-15)16-8-11-6-10-7-14(10,5)13(11,3)4/h10-11,15H,6-9H2,1-5H3/t10-,11?,14?/m0/s1. The Bertz CT molecular complexity index is 282. The molecule has 2 aliphatic carbocycles. The Hall–Kier alpha value is -0.0800. The highest BCUT2D eigenvalue weighted by Gasteiger charge is 2.67. The van der Waals surface area contributed by atoms with Crippen LogP contribution in [-0.2, 0) is 4.74 Å². The van der Waals surface area contributed by atoms with Gasteiger partial charge in [0.15, 0.2) is 0 Å². The fourth-order valence-corrected chi connectivity index (χ4v) is 3.34. The molecule has 1 N–H and O–H groups in total. The van der Waals surface area contributed by atoms with E-state index in [0.717, 1.165) is 12.5 Å². The van der Waals surface area contributed by atoms with Gasteiger partial charge in [0.05, 0.1) is 18.8 Å². The van der Waals surface area contributed by atoms with Crippen molar-refractivity contribution in [1.82, 2.24) is 0 Å². The highest BCUT2D eigenvalue weighted by molar-refractivity contribution is 5.15. The van der Waals surface area contributed by atoms with E-state index in [0.29, 0.717) is 16.7 Å². The predicted molar refractivity (Wildman–Crippen MR) is 65.2 cm³/mol. The summed E-state index contributed by atoms with van der Waals surface area (Å²) in [6.07, 6.45) is 2.71. The molecule has 2 rings (SSSR count). The Morgan fingerprint density at radius 3 is 2.38 bits per heavy atom. The molecule has 2 aliphatic rings. The smallest absolute Gasteiger partial charge is 0.0856 e. The Morgan fingerprint density at radius 1 is 1.31 bits per heavy atom. The molecule has 3 atom stereocenters. The van der Waals surface area contributed by atoms with Crippen molar-refractivity contribution in [1.29, 1.82) is 0 Å². The Morgan fingerprint density at radius 2 is 1.94 bits per heavy atom. The maximum atomic E-state index is 9.18. The first-order valence-corrected chi connectivity index (χ1v) is 6.48. The molecule has 0 spiro atoms. The van der Waals surface area contributed by atoms with Crippen LogP contribution in [0.15, 0.2) is 0 Å². The van der Waals surface area contributed by atoms with Gasteiger partial charge < -0.3 is 9.84 Å². The van der Waals surface area contributed by atoms with Gasteiger partial charge in [0.1, 0.15) is 0 Å². The van der Waals surface area contributed by atoms with Gasteiger partial charge in [-0.05, 0) is 49.4 Å². The monoisotopic (exact) mass is 226 g/mol. The molecule has 0 aromatic carbocycles. The van der Waals surface area contributed by atoms with Crippen molar-refractivity contribution < 1.29 is 9.84 Å². The third-order valence-corrected chi connectivity index (χ3v) is 5.53. The van der Waals surface area contributed by atoms with Gasteiger partial charge in [-0.25, -0.2) is 0 Å². The average molecular weight is 226 g/mol. The molecule has 0 aromatic rings. The lowest BCUT2D eigenvalue weighted by molar-refractivity contribution is -0.0833. The number of fused-ring (bicyclic) bond motifs is 1. The summed E-state index contributed by atoms with van der Waals surface area (Å²) in [5.41, 5.74) is 0.567. The maximum absolute atomic E-state index is 9.18. The molecule has 0 bridgehead atoms. The van der Waals surface area contributed by atoms with Crippen molar-refractivity contribution in [2.45, 2.75) is 53.1 Å². The topological polar surface area (TPSA) is 29.5 Å². The first kappa shape index (κ1) is 12.4. The second-order valence-corrected chi connectivity index (χ2v) is 7.20. The number of ether oxygens (including phenoxy) is 1. The zero-order chi connectivity index (χ0) is 12.2. The van der Waals surface area contributed by atoms with Crippen molar-refractivity contribution in [3.63, 3.8) is 0 Å². The second kappa shape index (κ2) is 3.46. The Labute approximate surface area is 99.4 Å². The summed E-state index contributed by atoms with van der Waals surface area (Å²) in [6.45, 7) is 12.0. The molecule has 16 heavy (non-hydrogen) atoms. The van der Waals surface area contributed by atoms with Gasteiger partial charge in [-0.2, -0.15) is 0 Å². The van der Waals surface area contributed by atoms with E-state index in [2.05, 4.69) is 20.8 Å². The van der Waals surface area contributed by atoms with Gasteiger partial charge in [0.25, 0.3) is 0 Å². The van der Waals surface area contributed by atoms with Crippen LogP contribution in [0, 0.1) is 22.7 Å². The number of aliphatic hydroxyl groups is 1. The van der Waals surface area contributed by atoms with Crippen molar-refractivity contribution in [3.8, 4) is 0 Å². The minimum atomic E-state index is -0.385. The molecule has 0 saturated heterocycles. The van der Waals surface area contributed by atoms with E-state index in [1.54, 1.807) is 0 Å². The molecule has 0 amide bonds. The van der Waals surface area contributed by atoms with Crippen molar-refractivity contribution in [2.24, 2.45) is 22.7 Å². The third kappa shape index (κ3) is 1.70. The van der Waals surface area contributed by atoms with Gasteiger partial charge in [-0.15, -0.1) is 0 Å². The Kier molecular flexibility index (Phi) is 2.67. The zero-order valence-electron chi connectivity index (χ0n) is 11.3. The molecule has 2 nitrogen and oxygen atoms in total. The van der Waals surface area contributed by atoms with Crippen LogP contribution in [0.3, 0.4) is 0 Å². The van der Waals surface area contributed by atoms with E-state index in [1.165, 1.54) is 12.8 Å². The first-order valence-electron chi connectivity index (χ1n) is 6.48. The van der Waals surface area contributed by atoms with E-state index >= 15 is 0 Å². The lowest BCUT2D eigenvalue weighted by Crippen LogP contribution is -2.36. The van der Waals surface area contributed by atoms with E-state index in [9.17, 15) is 5.11 Å². The van der Waals surface area contributed by atoms with Gasteiger partial charge in [0, 0.05) is 0 Å². The number of aliphatic hydroxyl groups excluding tert-OH is 1. The van der Waals surface area contributed by atoms with Gasteiger partial charge in [-0.1, -0.05) is 20.8 Å².